The Morgan fingerprint density at radius 1 is 1.19 bits per heavy atom. The van der Waals surface area contributed by atoms with Gasteiger partial charge in [0.25, 0.3) is 5.91 Å². The van der Waals surface area contributed by atoms with E-state index in [4.69, 9.17) is 0 Å². The number of piperidine rings is 1. The van der Waals surface area contributed by atoms with Crippen molar-refractivity contribution in [2.45, 2.75) is 50.5 Å². The molecule has 2 heterocycles. The van der Waals surface area contributed by atoms with Crippen LogP contribution < -0.4 is 10.6 Å². The molecule has 1 aromatic rings. The minimum absolute atomic E-state index is 0.109. The first kappa shape index (κ1) is 21.4. The largest absolute Gasteiger partial charge is 0.357 e. The molecule has 1 saturated heterocycles. The maximum Gasteiger partial charge on any atom is 0.268 e. The number of hydrogen-bond acceptors (Lipinski definition) is 4. The Hall–Kier alpha value is -1.87. The predicted molar refractivity (Wildman–Crippen MR) is 103 cm³/mol. The fourth-order valence-electron chi connectivity index (χ4n) is 3.26. The second-order valence-electron chi connectivity index (χ2n) is 7.41. The number of aromatic nitrogens is 1. The number of aryl methyl sites for hydroxylation is 1. The number of hydrogen-bond donors (Lipinski definition) is 2. The summed E-state index contributed by atoms with van der Waals surface area (Å²) in [4.78, 5) is 24.8. The van der Waals surface area contributed by atoms with Crippen LogP contribution in [0.1, 0.15) is 50.0 Å². The van der Waals surface area contributed by atoms with E-state index in [-0.39, 0.29) is 22.4 Å². The minimum atomic E-state index is -3.61. The highest BCUT2D eigenvalue weighted by Gasteiger charge is 2.29. The first-order valence-corrected chi connectivity index (χ1v) is 10.8. The fourth-order valence-corrected chi connectivity index (χ4v) is 4.85. The predicted octanol–water partition coefficient (Wildman–Crippen LogP) is 1.09. The van der Waals surface area contributed by atoms with Gasteiger partial charge < -0.3 is 15.2 Å². The van der Waals surface area contributed by atoms with E-state index in [1.54, 1.807) is 7.05 Å². The minimum Gasteiger partial charge on any atom is -0.357 e. The van der Waals surface area contributed by atoms with Gasteiger partial charge in [-0.2, -0.15) is 4.31 Å². The van der Waals surface area contributed by atoms with E-state index in [0.717, 1.165) is 19.3 Å². The van der Waals surface area contributed by atoms with Gasteiger partial charge in [-0.3, -0.25) is 9.59 Å². The molecule has 152 valence electrons. The van der Waals surface area contributed by atoms with Crippen molar-refractivity contribution in [1.82, 2.24) is 19.5 Å². The van der Waals surface area contributed by atoms with Crippen molar-refractivity contribution in [1.29, 1.82) is 0 Å². The van der Waals surface area contributed by atoms with E-state index in [2.05, 4.69) is 10.6 Å². The zero-order chi connectivity index (χ0) is 20.2. The standard InChI is InChI=1S/C18H30N4O4S/c1-13(2)10-15(17(23)19-3)20-18(24)16-11-14(12-21(16)4)27(25,26)22-8-6-5-7-9-22/h11-13,15H,5-10H2,1-4H3,(H,19,23)(H,20,24). The smallest absolute Gasteiger partial charge is 0.268 e. The molecule has 0 bridgehead atoms. The van der Waals surface area contributed by atoms with Gasteiger partial charge in [0.15, 0.2) is 0 Å². The zero-order valence-corrected chi connectivity index (χ0v) is 17.3. The van der Waals surface area contributed by atoms with Crippen LogP contribution in [0, 0.1) is 5.92 Å². The third kappa shape index (κ3) is 5.10. The Morgan fingerprint density at radius 2 is 1.81 bits per heavy atom. The van der Waals surface area contributed by atoms with Gasteiger partial charge in [-0.15, -0.1) is 0 Å². The summed E-state index contributed by atoms with van der Waals surface area (Å²) < 4.78 is 28.6. The van der Waals surface area contributed by atoms with Gasteiger partial charge in [0.05, 0.1) is 0 Å². The lowest BCUT2D eigenvalue weighted by atomic mass is 10.0. The molecule has 1 aliphatic heterocycles. The van der Waals surface area contributed by atoms with Gasteiger partial charge >= 0.3 is 0 Å². The van der Waals surface area contributed by atoms with Crippen molar-refractivity contribution in [2.75, 3.05) is 20.1 Å². The molecular formula is C18H30N4O4S. The zero-order valence-electron chi connectivity index (χ0n) is 16.5. The SMILES string of the molecule is CNC(=O)C(CC(C)C)NC(=O)c1cc(S(=O)(=O)N2CCCCC2)cn1C. The van der Waals surface area contributed by atoms with E-state index < -0.39 is 22.0 Å². The molecule has 2 N–H and O–H groups in total. The third-order valence-corrected chi connectivity index (χ3v) is 6.60. The lowest BCUT2D eigenvalue weighted by Gasteiger charge is -2.25. The highest BCUT2D eigenvalue weighted by atomic mass is 32.2. The van der Waals surface area contributed by atoms with Crippen LogP contribution in [0.15, 0.2) is 17.2 Å². The Morgan fingerprint density at radius 3 is 2.37 bits per heavy atom. The Balaban J connectivity index is 2.21. The highest BCUT2D eigenvalue weighted by molar-refractivity contribution is 7.89. The van der Waals surface area contributed by atoms with Gasteiger partial charge in [0.2, 0.25) is 15.9 Å². The second-order valence-corrected chi connectivity index (χ2v) is 9.34. The molecule has 1 aliphatic rings. The summed E-state index contributed by atoms with van der Waals surface area (Å²) in [6.07, 6.45) is 4.68. The molecule has 2 rings (SSSR count). The molecule has 9 heteroatoms. The molecule has 0 spiro atoms. The topological polar surface area (TPSA) is 101 Å². The number of carbonyl (C=O) groups excluding carboxylic acids is 2. The van der Waals surface area contributed by atoms with Gasteiger partial charge in [0, 0.05) is 33.4 Å². The molecule has 1 unspecified atom stereocenters. The number of nitrogens with one attached hydrogen (secondary N) is 2. The van der Waals surface area contributed by atoms with Crippen molar-refractivity contribution < 1.29 is 18.0 Å². The first-order chi connectivity index (χ1) is 12.7. The van der Waals surface area contributed by atoms with Gasteiger partial charge in [-0.05, 0) is 31.2 Å². The first-order valence-electron chi connectivity index (χ1n) is 9.35. The van der Waals surface area contributed by atoms with E-state index in [1.807, 2.05) is 13.8 Å². The van der Waals surface area contributed by atoms with Gasteiger partial charge in [-0.1, -0.05) is 20.3 Å². The van der Waals surface area contributed by atoms with E-state index in [1.165, 1.54) is 28.2 Å². The van der Waals surface area contributed by atoms with Crippen LogP contribution in [-0.2, 0) is 21.9 Å². The summed E-state index contributed by atoms with van der Waals surface area (Å²) in [6, 6.07) is 0.717. The summed E-state index contributed by atoms with van der Waals surface area (Å²) >= 11 is 0. The fraction of sp³-hybridized carbons (Fsp3) is 0.667. The number of likely N-dealkylation sites (N-methyl/N-ethyl adjacent to an activating group) is 1. The molecule has 2 amide bonds. The molecule has 8 nitrogen and oxygen atoms in total. The highest BCUT2D eigenvalue weighted by Crippen LogP contribution is 2.22. The van der Waals surface area contributed by atoms with Crippen LogP contribution in [0.5, 0.6) is 0 Å². The number of carbonyl (C=O) groups is 2. The summed E-state index contributed by atoms with van der Waals surface area (Å²) in [6.45, 7) is 4.94. The Kier molecular flexibility index (Phi) is 7.05. The third-order valence-electron chi connectivity index (χ3n) is 4.74. The number of sulfonamides is 1. The lowest BCUT2D eigenvalue weighted by molar-refractivity contribution is -0.122. The van der Waals surface area contributed by atoms with Crippen molar-refractivity contribution in [3.05, 3.63) is 18.0 Å². The summed E-state index contributed by atoms with van der Waals surface area (Å²) in [7, 11) is -0.465. The average molecular weight is 399 g/mol. The lowest BCUT2D eigenvalue weighted by Crippen LogP contribution is -2.46. The number of amides is 2. The molecule has 0 aliphatic carbocycles. The number of nitrogens with zero attached hydrogens (tertiary/aromatic N) is 2. The summed E-state index contributed by atoms with van der Waals surface area (Å²) in [5.41, 5.74) is 0.211. The van der Waals surface area contributed by atoms with Gasteiger partial charge in [-0.25, -0.2) is 8.42 Å². The van der Waals surface area contributed by atoms with Crippen LogP contribution in [0.2, 0.25) is 0 Å². The molecule has 27 heavy (non-hydrogen) atoms. The Labute approximate surface area is 161 Å². The van der Waals surface area contributed by atoms with Crippen LogP contribution in [0.4, 0.5) is 0 Å². The van der Waals surface area contributed by atoms with Crippen LogP contribution in [0.3, 0.4) is 0 Å². The Bertz CT molecular complexity index is 779. The van der Waals surface area contributed by atoms with Crippen LogP contribution in [-0.4, -0.2) is 55.3 Å². The van der Waals surface area contributed by atoms with Crippen molar-refractivity contribution in [3.63, 3.8) is 0 Å². The molecule has 0 radical (unpaired) electrons. The molecule has 0 aromatic carbocycles. The quantitative estimate of drug-likeness (QED) is 0.718. The average Bonchev–Trinajstić information content (AvgIpc) is 3.03. The van der Waals surface area contributed by atoms with Crippen molar-refractivity contribution in [2.24, 2.45) is 13.0 Å². The van der Waals surface area contributed by atoms with Crippen molar-refractivity contribution in [3.8, 4) is 0 Å². The van der Waals surface area contributed by atoms with E-state index in [9.17, 15) is 18.0 Å². The molecule has 1 atom stereocenters. The summed E-state index contributed by atoms with van der Waals surface area (Å²) in [5.74, 6) is -0.518. The normalized spacial score (nSPS) is 16.9. The van der Waals surface area contributed by atoms with Gasteiger partial charge in [0.1, 0.15) is 16.6 Å². The maximum absolute atomic E-state index is 12.8. The molecule has 1 aromatic heterocycles. The van der Waals surface area contributed by atoms with E-state index in [0.29, 0.717) is 19.5 Å². The molecule has 1 fully saturated rings. The number of rotatable bonds is 7. The monoisotopic (exact) mass is 398 g/mol. The van der Waals surface area contributed by atoms with Crippen LogP contribution >= 0.6 is 0 Å². The summed E-state index contributed by atoms with van der Waals surface area (Å²) in [5, 5.41) is 5.27. The van der Waals surface area contributed by atoms with E-state index >= 15 is 0 Å². The van der Waals surface area contributed by atoms with Crippen molar-refractivity contribution >= 4 is 21.8 Å². The molecular weight excluding hydrogens is 368 g/mol. The van der Waals surface area contributed by atoms with Crippen LogP contribution in [0.25, 0.3) is 0 Å². The maximum atomic E-state index is 12.8. The molecule has 0 saturated carbocycles. The second kappa shape index (κ2) is 8.88.